The van der Waals surface area contributed by atoms with Crippen LogP contribution < -0.4 is 5.73 Å². The Labute approximate surface area is 126 Å². The van der Waals surface area contributed by atoms with Crippen LogP contribution in [-0.4, -0.2) is 30.7 Å². The van der Waals surface area contributed by atoms with Gasteiger partial charge in [-0.05, 0) is 30.2 Å². The van der Waals surface area contributed by atoms with Crippen molar-refractivity contribution in [3.8, 4) is 17.3 Å². The van der Waals surface area contributed by atoms with Crippen molar-refractivity contribution >= 4 is 11.8 Å². The van der Waals surface area contributed by atoms with Crippen LogP contribution in [0, 0.1) is 0 Å². The van der Waals surface area contributed by atoms with Crippen molar-refractivity contribution in [1.82, 2.24) is 14.5 Å². The number of anilines is 1. The van der Waals surface area contributed by atoms with E-state index in [1.165, 1.54) is 6.33 Å². The lowest BCUT2D eigenvalue weighted by Crippen LogP contribution is -2.05. The molecule has 3 rings (SSSR count). The Morgan fingerprint density at radius 2 is 2.00 bits per heavy atom. The van der Waals surface area contributed by atoms with Gasteiger partial charge in [-0.25, -0.2) is 14.8 Å². The van der Waals surface area contributed by atoms with E-state index in [-0.39, 0.29) is 11.4 Å². The highest BCUT2D eigenvalue weighted by Crippen LogP contribution is 2.30. The molecule has 7 heteroatoms. The van der Waals surface area contributed by atoms with Crippen molar-refractivity contribution < 1.29 is 15.0 Å². The summed E-state index contributed by atoms with van der Waals surface area (Å²) in [6, 6.07) is 8.22. The maximum Gasteiger partial charge on any atom is 0.335 e. The number of aromatic nitrogens is 3. The topological polar surface area (TPSA) is 114 Å². The average Bonchev–Trinajstić information content (AvgIpc) is 2.88. The predicted octanol–water partition coefficient (Wildman–Crippen LogP) is 1.61. The highest BCUT2D eigenvalue weighted by molar-refractivity contribution is 5.87. The second-order valence-electron chi connectivity index (χ2n) is 4.93. The first-order valence-corrected chi connectivity index (χ1v) is 6.67. The molecule has 2 aliphatic rings. The van der Waals surface area contributed by atoms with Gasteiger partial charge in [-0.1, -0.05) is 12.1 Å². The first-order chi connectivity index (χ1) is 10.5. The number of nitrogens with zero attached hydrogens (tertiary/aromatic N) is 3. The molecule has 1 aromatic rings. The Balaban J connectivity index is 1.78. The molecule has 4 N–H and O–H groups in total. The summed E-state index contributed by atoms with van der Waals surface area (Å²) in [7, 11) is 0. The van der Waals surface area contributed by atoms with E-state index in [4.69, 9.17) is 10.8 Å². The van der Waals surface area contributed by atoms with Gasteiger partial charge in [0, 0.05) is 6.54 Å². The summed E-state index contributed by atoms with van der Waals surface area (Å²) < 4.78 is 1.61. The van der Waals surface area contributed by atoms with E-state index >= 15 is 0 Å². The highest BCUT2D eigenvalue weighted by Gasteiger charge is 2.15. The molecule has 0 bridgehead atoms. The van der Waals surface area contributed by atoms with Gasteiger partial charge >= 0.3 is 5.97 Å². The number of nitrogen functional groups attached to an aromatic ring is 1. The lowest BCUT2D eigenvalue weighted by molar-refractivity contribution is 0.0697. The summed E-state index contributed by atoms with van der Waals surface area (Å²) in [5, 5.41) is 19.1. The number of benzene rings is 1. The molecule has 0 radical (unpaired) electrons. The minimum absolute atomic E-state index is 0.0661. The van der Waals surface area contributed by atoms with E-state index < -0.39 is 5.97 Å². The van der Waals surface area contributed by atoms with E-state index in [0.29, 0.717) is 30.2 Å². The monoisotopic (exact) mass is 298 g/mol. The van der Waals surface area contributed by atoms with Crippen LogP contribution in [0.3, 0.4) is 0 Å². The normalized spacial score (nSPS) is 10.9. The lowest BCUT2D eigenvalue weighted by Gasteiger charge is -2.11. The van der Waals surface area contributed by atoms with Gasteiger partial charge < -0.3 is 20.5 Å². The van der Waals surface area contributed by atoms with Crippen LogP contribution >= 0.6 is 0 Å². The fraction of sp³-hybridized carbons (Fsp3) is 0.133. The summed E-state index contributed by atoms with van der Waals surface area (Å²) in [5.74, 6) is -0.150. The highest BCUT2D eigenvalue weighted by atomic mass is 16.4. The third-order valence-electron chi connectivity index (χ3n) is 3.44. The fourth-order valence-electron chi connectivity index (χ4n) is 2.25. The number of aryl methyl sites for hydroxylation is 2. The molecule has 1 aromatic carbocycles. The van der Waals surface area contributed by atoms with Gasteiger partial charge in [0.2, 0.25) is 5.88 Å². The largest absolute Gasteiger partial charge is 0.494 e. The van der Waals surface area contributed by atoms with Gasteiger partial charge in [0.15, 0.2) is 5.82 Å². The number of carboxylic acids is 1. The van der Waals surface area contributed by atoms with E-state index in [9.17, 15) is 9.90 Å². The van der Waals surface area contributed by atoms with Crippen LogP contribution in [0.4, 0.5) is 5.82 Å². The molecule has 0 aliphatic carbocycles. The van der Waals surface area contributed by atoms with Gasteiger partial charge in [0.25, 0.3) is 0 Å². The molecule has 2 aliphatic heterocycles. The van der Waals surface area contributed by atoms with Crippen molar-refractivity contribution in [3.63, 3.8) is 0 Å². The first kappa shape index (κ1) is 13.9. The van der Waals surface area contributed by atoms with Crippen molar-refractivity contribution in [1.29, 1.82) is 0 Å². The van der Waals surface area contributed by atoms with Crippen LogP contribution in [0.15, 0.2) is 36.7 Å². The lowest BCUT2D eigenvalue weighted by atomic mass is 10.1. The van der Waals surface area contributed by atoms with Crippen LogP contribution in [0.2, 0.25) is 0 Å². The van der Waals surface area contributed by atoms with E-state index in [1.54, 1.807) is 34.9 Å². The summed E-state index contributed by atoms with van der Waals surface area (Å²) in [6.45, 7) is 0.506. The zero-order chi connectivity index (χ0) is 15.7. The van der Waals surface area contributed by atoms with E-state index in [2.05, 4.69) is 9.97 Å². The number of nitrogens with two attached hydrogens (primary N) is 1. The van der Waals surface area contributed by atoms with Gasteiger partial charge in [0.05, 0.1) is 17.5 Å². The molecule has 22 heavy (non-hydrogen) atoms. The van der Waals surface area contributed by atoms with Crippen LogP contribution in [0.25, 0.3) is 11.4 Å². The van der Waals surface area contributed by atoms with E-state index in [0.717, 1.165) is 5.56 Å². The molecular formula is C15H14N4O3. The molecule has 0 saturated heterocycles. The number of carbonyl (C=O) groups is 1. The van der Waals surface area contributed by atoms with Crippen molar-refractivity contribution in [2.75, 3.05) is 5.73 Å². The van der Waals surface area contributed by atoms with Gasteiger partial charge in [-0.3, -0.25) is 0 Å². The maximum absolute atomic E-state index is 10.8. The molecule has 0 unspecified atom stereocenters. The Kier molecular flexibility index (Phi) is 3.38. The zero-order valence-electron chi connectivity index (χ0n) is 11.6. The molecule has 0 aromatic heterocycles. The van der Waals surface area contributed by atoms with Gasteiger partial charge in [0.1, 0.15) is 5.82 Å². The predicted molar refractivity (Wildman–Crippen MR) is 79.8 cm³/mol. The van der Waals surface area contributed by atoms with Crippen LogP contribution in [0.5, 0.6) is 5.88 Å². The number of aromatic carboxylic acids is 1. The first-order valence-electron chi connectivity index (χ1n) is 6.67. The summed E-state index contributed by atoms with van der Waals surface area (Å²) in [4.78, 5) is 18.9. The summed E-state index contributed by atoms with van der Waals surface area (Å²) in [5.41, 5.74) is 7.33. The van der Waals surface area contributed by atoms with Crippen LogP contribution in [0.1, 0.15) is 15.9 Å². The van der Waals surface area contributed by atoms with Crippen LogP contribution in [-0.2, 0) is 13.0 Å². The molecule has 0 spiro atoms. The fourth-order valence-corrected chi connectivity index (χ4v) is 2.25. The second kappa shape index (κ2) is 5.36. The standard InChI is InChI=1S/C15H14N4O3/c16-12-7-11-13(18-12)17-8-19(14(11)20)6-5-9-1-3-10(4-2-9)15(21)22/h1-4,7-8,20H,5-6,16H2,(H,21,22). The molecule has 0 atom stereocenters. The second-order valence-corrected chi connectivity index (χ2v) is 4.93. The Hall–Kier alpha value is -3.09. The third kappa shape index (κ3) is 2.56. The number of carboxylic acid groups (broad SMARTS) is 1. The van der Waals surface area contributed by atoms with Crippen molar-refractivity contribution in [2.45, 2.75) is 13.0 Å². The average molecular weight is 298 g/mol. The minimum atomic E-state index is -0.950. The quantitative estimate of drug-likeness (QED) is 0.674. The van der Waals surface area contributed by atoms with Gasteiger partial charge in [-0.15, -0.1) is 0 Å². The third-order valence-corrected chi connectivity index (χ3v) is 3.44. The SMILES string of the molecule is Nc1cc2c(O)n(CCc3ccc(C(=O)O)cc3)cnc-2n1. The molecule has 112 valence electrons. The Morgan fingerprint density at radius 1 is 1.27 bits per heavy atom. The Morgan fingerprint density at radius 3 is 2.68 bits per heavy atom. The molecule has 0 amide bonds. The van der Waals surface area contributed by atoms with Crippen molar-refractivity contribution in [2.24, 2.45) is 0 Å². The summed E-state index contributed by atoms with van der Waals surface area (Å²) in [6.07, 6.45) is 2.14. The minimum Gasteiger partial charge on any atom is -0.494 e. The summed E-state index contributed by atoms with van der Waals surface area (Å²) >= 11 is 0. The number of fused-ring (bicyclic) bond motifs is 1. The molecule has 0 fully saturated rings. The molecule has 0 saturated carbocycles. The number of rotatable bonds is 4. The smallest absolute Gasteiger partial charge is 0.335 e. The maximum atomic E-state index is 10.8. The zero-order valence-corrected chi connectivity index (χ0v) is 11.6. The number of aromatic hydroxyl groups is 1. The Bertz CT molecular complexity index is 795. The molecule has 2 heterocycles. The molecule has 7 nitrogen and oxygen atoms in total. The van der Waals surface area contributed by atoms with Crippen molar-refractivity contribution in [3.05, 3.63) is 47.8 Å². The molecular weight excluding hydrogens is 284 g/mol. The van der Waals surface area contributed by atoms with Gasteiger partial charge in [-0.2, -0.15) is 0 Å². The number of hydrogen-bond acceptors (Lipinski definition) is 5. The number of hydrogen-bond donors (Lipinski definition) is 3. The van der Waals surface area contributed by atoms with E-state index in [1.807, 2.05) is 0 Å².